The Morgan fingerprint density at radius 1 is 1.40 bits per heavy atom. The SMILES string of the molecule is O=C(NCCCN1CCCC1=O)c1cc2c(s1)CSC2. The predicted octanol–water partition coefficient (Wildman–Crippen LogP) is 2.24. The van der Waals surface area contributed by atoms with E-state index in [4.69, 9.17) is 0 Å². The van der Waals surface area contributed by atoms with E-state index in [0.29, 0.717) is 13.0 Å². The Hall–Kier alpha value is -1.01. The lowest BCUT2D eigenvalue weighted by Crippen LogP contribution is -2.30. The first-order chi connectivity index (χ1) is 9.74. The number of nitrogens with one attached hydrogen (secondary N) is 1. The Morgan fingerprint density at radius 2 is 2.30 bits per heavy atom. The number of likely N-dealkylation sites (tertiary alicyclic amines) is 1. The number of nitrogens with zero attached hydrogens (tertiary/aromatic N) is 1. The largest absolute Gasteiger partial charge is 0.351 e. The van der Waals surface area contributed by atoms with Gasteiger partial charge in [-0.2, -0.15) is 11.8 Å². The molecule has 0 radical (unpaired) electrons. The smallest absolute Gasteiger partial charge is 0.261 e. The molecule has 20 heavy (non-hydrogen) atoms. The van der Waals surface area contributed by atoms with Crippen LogP contribution in [0.5, 0.6) is 0 Å². The lowest BCUT2D eigenvalue weighted by atomic mass is 10.3. The van der Waals surface area contributed by atoms with Crippen LogP contribution in [0.2, 0.25) is 0 Å². The number of fused-ring (bicyclic) bond motifs is 1. The van der Waals surface area contributed by atoms with Crippen LogP contribution < -0.4 is 5.32 Å². The number of hydrogen-bond acceptors (Lipinski definition) is 4. The summed E-state index contributed by atoms with van der Waals surface area (Å²) in [4.78, 5) is 27.5. The summed E-state index contributed by atoms with van der Waals surface area (Å²) in [6, 6.07) is 2.03. The molecule has 3 heterocycles. The second kappa shape index (κ2) is 6.18. The van der Waals surface area contributed by atoms with Gasteiger partial charge in [0, 0.05) is 42.4 Å². The zero-order chi connectivity index (χ0) is 13.9. The van der Waals surface area contributed by atoms with Crippen molar-refractivity contribution in [3.8, 4) is 0 Å². The average Bonchev–Trinajstić information content (AvgIpc) is 3.09. The Bertz CT molecular complexity index is 506. The van der Waals surface area contributed by atoms with Crippen LogP contribution in [-0.2, 0) is 16.3 Å². The van der Waals surface area contributed by atoms with Crippen molar-refractivity contribution >= 4 is 34.9 Å². The molecule has 1 fully saturated rings. The molecule has 108 valence electrons. The van der Waals surface area contributed by atoms with Crippen molar-refractivity contribution in [1.29, 1.82) is 0 Å². The molecule has 0 unspecified atom stereocenters. The molecule has 6 heteroatoms. The van der Waals surface area contributed by atoms with E-state index in [1.807, 2.05) is 22.7 Å². The van der Waals surface area contributed by atoms with Crippen LogP contribution in [-0.4, -0.2) is 36.3 Å². The molecule has 4 nitrogen and oxygen atoms in total. The fraction of sp³-hybridized carbons (Fsp3) is 0.571. The van der Waals surface area contributed by atoms with Crippen molar-refractivity contribution in [2.45, 2.75) is 30.8 Å². The lowest BCUT2D eigenvalue weighted by molar-refractivity contribution is -0.127. The Morgan fingerprint density at radius 3 is 3.05 bits per heavy atom. The van der Waals surface area contributed by atoms with E-state index in [0.717, 1.165) is 42.3 Å². The third-order valence-corrected chi connectivity index (χ3v) is 6.04. The van der Waals surface area contributed by atoms with Gasteiger partial charge in [-0.1, -0.05) is 0 Å². The highest BCUT2D eigenvalue weighted by Crippen LogP contribution is 2.36. The molecule has 2 amide bonds. The summed E-state index contributed by atoms with van der Waals surface area (Å²) in [5.74, 6) is 2.37. The summed E-state index contributed by atoms with van der Waals surface area (Å²) in [5.41, 5.74) is 1.33. The molecule has 1 aromatic heterocycles. The maximum absolute atomic E-state index is 12.0. The molecule has 0 aromatic carbocycles. The predicted molar refractivity (Wildman–Crippen MR) is 82.1 cm³/mol. The van der Waals surface area contributed by atoms with Crippen molar-refractivity contribution in [1.82, 2.24) is 10.2 Å². The zero-order valence-corrected chi connectivity index (χ0v) is 12.9. The molecule has 0 bridgehead atoms. The summed E-state index contributed by atoms with van der Waals surface area (Å²) in [7, 11) is 0. The van der Waals surface area contributed by atoms with Gasteiger partial charge < -0.3 is 10.2 Å². The number of carbonyl (C=O) groups is 2. The Balaban J connectivity index is 1.41. The highest BCUT2D eigenvalue weighted by atomic mass is 32.2. The minimum absolute atomic E-state index is 0.0298. The highest BCUT2D eigenvalue weighted by molar-refractivity contribution is 7.98. The van der Waals surface area contributed by atoms with Gasteiger partial charge in [0.25, 0.3) is 5.91 Å². The van der Waals surface area contributed by atoms with Crippen molar-refractivity contribution in [3.63, 3.8) is 0 Å². The van der Waals surface area contributed by atoms with Crippen LogP contribution in [0.1, 0.15) is 39.4 Å². The lowest BCUT2D eigenvalue weighted by Gasteiger charge is -2.15. The number of carbonyl (C=O) groups excluding carboxylic acids is 2. The molecule has 0 saturated carbocycles. The number of amides is 2. The summed E-state index contributed by atoms with van der Waals surface area (Å²) < 4.78 is 0. The quantitative estimate of drug-likeness (QED) is 0.849. The van der Waals surface area contributed by atoms with Crippen molar-refractivity contribution in [2.75, 3.05) is 19.6 Å². The number of hydrogen-bond donors (Lipinski definition) is 1. The fourth-order valence-electron chi connectivity index (χ4n) is 2.58. The molecule has 3 rings (SSSR count). The minimum atomic E-state index is 0.0298. The molecule has 2 aliphatic rings. The Labute approximate surface area is 126 Å². The first-order valence-electron chi connectivity index (χ1n) is 6.99. The zero-order valence-electron chi connectivity index (χ0n) is 11.3. The third-order valence-electron chi connectivity index (χ3n) is 3.67. The molecular weight excluding hydrogens is 292 g/mol. The van der Waals surface area contributed by atoms with Gasteiger partial charge in [0.2, 0.25) is 5.91 Å². The maximum Gasteiger partial charge on any atom is 0.261 e. The number of thioether (sulfide) groups is 1. The van der Waals surface area contributed by atoms with E-state index in [9.17, 15) is 9.59 Å². The van der Waals surface area contributed by atoms with Crippen LogP contribution in [0.25, 0.3) is 0 Å². The monoisotopic (exact) mass is 310 g/mol. The average molecular weight is 310 g/mol. The van der Waals surface area contributed by atoms with E-state index < -0.39 is 0 Å². The highest BCUT2D eigenvalue weighted by Gasteiger charge is 2.20. The van der Waals surface area contributed by atoms with Crippen LogP contribution in [0, 0.1) is 0 Å². The Kier molecular flexibility index (Phi) is 4.31. The fourth-order valence-corrected chi connectivity index (χ4v) is 5.00. The van der Waals surface area contributed by atoms with Crippen LogP contribution in [0.4, 0.5) is 0 Å². The number of thiophene rings is 1. The first kappa shape index (κ1) is 13.9. The first-order valence-corrected chi connectivity index (χ1v) is 8.96. The van der Waals surface area contributed by atoms with E-state index >= 15 is 0 Å². The summed E-state index contributed by atoms with van der Waals surface area (Å²) >= 11 is 3.52. The van der Waals surface area contributed by atoms with Crippen LogP contribution >= 0.6 is 23.1 Å². The molecule has 1 aromatic rings. The molecule has 2 aliphatic heterocycles. The molecule has 0 atom stereocenters. The molecule has 1 N–H and O–H groups in total. The minimum Gasteiger partial charge on any atom is -0.351 e. The van der Waals surface area contributed by atoms with E-state index in [2.05, 4.69) is 5.32 Å². The molecule has 0 aliphatic carbocycles. The molecule has 1 saturated heterocycles. The van der Waals surface area contributed by atoms with Crippen LogP contribution in [0.15, 0.2) is 6.07 Å². The number of rotatable bonds is 5. The van der Waals surface area contributed by atoms with Crippen molar-refractivity contribution < 1.29 is 9.59 Å². The topological polar surface area (TPSA) is 49.4 Å². The van der Waals surface area contributed by atoms with E-state index in [1.165, 1.54) is 10.4 Å². The molecular formula is C14H18N2O2S2. The van der Waals surface area contributed by atoms with Crippen molar-refractivity contribution in [2.24, 2.45) is 0 Å². The van der Waals surface area contributed by atoms with Gasteiger partial charge in [-0.15, -0.1) is 11.3 Å². The second-order valence-electron chi connectivity index (χ2n) is 5.15. The van der Waals surface area contributed by atoms with Gasteiger partial charge in [-0.25, -0.2) is 0 Å². The summed E-state index contributed by atoms with van der Waals surface area (Å²) in [6.07, 6.45) is 2.49. The third kappa shape index (κ3) is 3.01. The normalized spacial score (nSPS) is 17.6. The van der Waals surface area contributed by atoms with Gasteiger partial charge in [0.05, 0.1) is 4.88 Å². The van der Waals surface area contributed by atoms with Gasteiger partial charge >= 0.3 is 0 Å². The van der Waals surface area contributed by atoms with Crippen LogP contribution in [0.3, 0.4) is 0 Å². The maximum atomic E-state index is 12.0. The van der Waals surface area contributed by atoms with E-state index in [1.54, 1.807) is 11.3 Å². The van der Waals surface area contributed by atoms with Gasteiger partial charge in [0.15, 0.2) is 0 Å². The van der Waals surface area contributed by atoms with Gasteiger partial charge in [-0.05, 0) is 24.5 Å². The van der Waals surface area contributed by atoms with Gasteiger partial charge in [0.1, 0.15) is 0 Å². The molecule has 0 spiro atoms. The van der Waals surface area contributed by atoms with Crippen molar-refractivity contribution in [3.05, 3.63) is 21.4 Å². The summed E-state index contributed by atoms with van der Waals surface area (Å²) in [5, 5.41) is 2.95. The summed E-state index contributed by atoms with van der Waals surface area (Å²) in [6.45, 7) is 2.28. The standard InChI is InChI=1S/C14H18N2O2S2/c17-13-3-1-5-16(13)6-2-4-15-14(18)11-7-10-8-19-9-12(10)20-11/h7H,1-6,8-9H2,(H,15,18). The van der Waals surface area contributed by atoms with Gasteiger partial charge in [-0.3, -0.25) is 9.59 Å². The second-order valence-corrected chi connectivity index (χ2v) is 7.27. The van der Waals surface area contributed by atoms with E-state index in [-0.39, 0.29) is 11.8 Å².